The zero-order chi connectivity index (χ0) is 98.2. The first-order valence-electron chi connectivity index (χ1n) is 51.6. The number of hydrogen-bond acceptors (Lipinski definition) is 6. The fourth-order valence-electron chi connectivity index (χ4n) is 27.0. The Morgan fingerprint density at radius 3 is 0.853 bits per heavy atom. The summed E-state index contributed by atoms with van der Waals surface area (Å²) in [5.41, 5.74) is 47.3. The highest BCUT2D eigenvalue weighted by atomic mass is 15.0. The molecule has 0 radical (unpaired) electrons. The van der Waals surface area contributed by atoms with Crippen molar-refractivity contribution >= 4 is 98.1 Å². The number of para-hydroxylation sites is 10. The van der Waals surface area contributed by atoms with Gasteiger partial charge in [0.15, 0.2) is 17.5 Å². The molecule has 0 amide bonds. The Hall–Kier alpha value is -19.7. The molecule has 3 aliphatic carbocycles. The van der Waals surface area contributed by atoms with E-state index in [1.807, 2.05) is 12.1 Å². The number of fused-ring (bicyclic) bond motifs is 39. The van der Waals surface area contributed by atoms with Gasteiger partial charge in [0.05, 0.1) is 100 Å². The van der Waals surface area contributed by atoms with Gasteiger partial charge in [-0.1, -0.05) is 431 Å². The molecule has 9 heterocycles. The maximum Gasteiger partial charge on any atom is 0.160 e. The van der Waals surface area contributed by atoms with Crippen molar-refractivity contribution in [1.82, 2.24) is 43.6 Å². The Labute approximate surface area is 863 Å². The predicted molar refractivity (Wildman–Crippen MR) is 612 cm³/mol. The summed E-state index contributed by atoms with van der Waals surface area (Å²) in [6.45, 7) is 0. The van der Waals surface area contributed by atoms with Crippen LogP contribution in [-0.2, 0) is 16.2 Å². The fraction of sp³-hybridized carbons (Fsp3) is 0.0213. The van der Waals surface area contributed by atoms with Crippen molar-refractivity contribution in [2.24, 2.45) is 0 Å². The smallest absolute Gasteiger partial charge is 0.160 e. The van der Waals surface area contributed by atoms with E-state index in [-0.39, 0.29) is 0 Å². The first-order chi connectivity index (χ1) is 74.4. The van der Waals surface area contributed by atoms with Crippen LogP contribution in [0.2, 0.25) is 0 Å². The first kappa shape index (κ1) is 83.7. The van der Waals surface area contributed by atoms with Crippen molar-refractivity contribution in [1.29, 1.82) is 0 Å². The zero-order valence-corrected chi connectivity index (χ0v) is 81.1. The van der Waals surface area contributed by atoms with Gasteiger partial charge in [0.2, 0.25) is 0 Å². The number of nitrogens with zero attached hydrogens (tertiary/aromatic N) is 9. The van der Waals surface area contributed by atoms with E-state index in [9.17, 15) is 0 Å². The average molecular weight is 1910 g/mol. The van der Waals surface area contributed by atoms with E-state index in [2.05, 4.69) is 517 Å². The molecule has 6 aromatic heterocycles. The summed E-state index contributed by atoms with van der Waals surface area (Å²) < 4.78 is 7.47. The summed E-state index contributed by atoms with van der Waals surface area (Å²) in [6.07, 6.45) is 0. The highest BCUT2D eigenvalue weighted by molar-refractivity contribution is 6.18. The molecule has 34 rings (SSSR count). The Bertz CT molecular complexity index is 10500. The van der Waals surface area contributed by atoms with Gasteiger partial charge in [-0.3, -0.25) is 0 Å². The molecule has 6 aliphatic rings. The van der Waals surface area contributed by atoms with Gasteiger partial charge in [0, 0.05) is 81.9 Å². The number of rotatable bonds is 7. The van der Waals surface area contributed by atoms with Gasteiger partial charge in [0.25, 0.3) is 0 Å². The van der Waals surface area contributed by atoms with Gasteiger partial charge in [-0.05, 0) is 196 Å². The van der Waals surface area contributed by atoms with Gasteiger partial charge >= 0.3 is 0 Å². The van der Waals surface area contributed by atoms with Crippen LogP contribution in [0.5, 0.6) is 0 Å². The standard InChI is InChI=1S/C51H31N3.2C45H27N3/c1-2-13-32(14-3-1)33-25-27-34(28-26-33)48-40-17-5-9-22-45(40)52-50(53-48)35-29-30-37-36-15-4-7-19-41(36)51(44(37)31-35)42-20-8-11-24-47(42)54-46-23-10-6-16-38(46)39-18-12-21-43(51)49(39)54;1-2-14-28(15-3-1)42-33-19-6-11-23-39(33)46-44(47-42)29-26-34-32-18-7-12-24-40(32)48-41-25-13-10-22-37(41)45(38(27-29)43(34)48)35-20-8-4-16-30(35)31-17-5-9-21-36(31)45;1-2-13-28(14-3-1)42-33-17-6-10-23-39(33)46-44(47-42)29-25-26-40-34(27-29)32-18-12-22-38-43(32)48(40)41-24-11-9-21-37(41)45(38)35-19-7-4-15-30(35)31-16-5-8-20-36(31)45/h1-31H;2*1-27H. The number of aromatic nitrogens is 9. The third-order valence-corrected chi connectivity index (χ3v) is 33.0. The molecule has 1 atom stereocenters. The maximum atomic E-state index is 5.38. The summed E-state index contributed by atoms with van der Waals surface area (Å²) in [7, 11) is 0. The van der Waals surface area contributed by atoms with E-state index in [4.69, 9.17) is 29.9 Å². The van der Waals surface area contributed by atoms with Crippen LogP contribution in [0, 0.1) is 0 Å². The minimum Gasteiger partial charge on any atom is -0.309 e. The maximum absolute atomic E-state index is 5.38. The molecular weight excluding hydrogens is 1820 g/mol. The first-order valence-corrected chi connectivity index (χ1v) is 51.6. The molecule has 0 bridgehead atoms. The molecule has 3 spiro atoms. The van der Waals surface area contributed by atoms with Gasteiger partial charge in [0.1, 0.15) is 0 Å². The summed E-state index contributed by atoms with van der Waals surface area (Å²) in [4.78, 5) is 31.5. The van der Waals surface area contributed by atoms with Gasteiger partial charge in [-0.25, -0.2) is 29.9 Å². The van der Waals surface area contributed by atoms with E-state index in [0.29, 0.717) is 0 Å². The van der Waals surface area contributed by atoms with Crippen LogP contribution in [-0.4, -0.2) is 43.6 Å². The van der Waals surface area contributed by atoms with Crippen molar-refractivity contribution in [3.8, 4) is 130 Å². The van der Waals surface area contributed by atoms with E-state index in [1.54, 1.807) is 0 Å². The van der Waals surface area contributed by atoms with Crippen LogP contribution < -0.4 is 0 Å². The lowest BCUT2D eigenvalue weighted by Gasteiger charge is -2.39. The van der Waals surface area contributed by atoms with Crippen LogP contribution in [0.4, 0.5) is 0 Å². The molecular formula is C141H85N9. The Morgan fingerprint density at radius 2 is 0.407 bits per heavy atom. The minimum atomic E-state index is -0.532. The van der Waals surface area contributed by atoms with E-state index >= 15 is 0 Å². The predicted octanol–water partition coefficient (Wildman–Crippen LogP) is 33.9. The summed E-state index contributed by atoms with van der Waals surface area (Å²) in [5, 5.41) is 10.6. The highest BCUT2D eigenvalue weighted by Gasteiger charge is 2.55. The topological polar surface area (TPSA) is 92.1 Å². The van der Waals surface area contributed by atoms with Crippen molar-refractivity contribution in [2.75, 3.05) is 0 Å². The largest absolute Gasteiger partial charge is 0.309 e. The van der Waals surface area contributed by atoms with Crippen LogP contribution in [0.1, 0.15) is 66.8 Å². The summed E-state index contributed by atoms with van der Waals surface area (Å²) >= 11 is 0. The molecule has 9 nitrogen and oxygen atoms in total. The van der Waals surface area contributed by atoms with Crippen molar-refractivity contribution in [2.45, 2.75) is 16.2 Å². The monoisotopic (exact) mass is 1900 g/mol. The quantitative estimate of drug-likeness (QED) is 0.158. The normalized spacial score (nSPS) is 14.1. The summed E-state index contributed by atoms with van der Waals surface area (Å²) in [6, 6.07) is 187. The lowest BCUT2D eigenvalue weighted by atomic mass is 9.65. The van der Waals surface area contributed by atoms with Crippen LogP contribution >= 0.6 is 0 Å². The van der Waals surface area contributed by atoms with Gasteiger partial charge in [-0.15, -0.1) is 0 Å². The Morgan fingerprint density at radius 1 is 0.140 bits per heavy atom. The van der Waals surface area contributed by atoms with Crippen molar-refractivity contribution < 1.29 is 0 Å². The Balaban J connectivity index is 0.0000000995. The molecule has 1 unspecified atom stereocenters. The number of benzene rings is 22. The SMILES string of the molecule is c1ccc(-c2ccc(-c3nc(-c4ccc5c(c4)C4(c6ccccc6-5)c5ccccc5-n5c6ccccc6c6cccc4c65)nc4ccccc34)cc2)cc1.c1ccc(-c2nc(-c3cc4c5c(c3)c3ccccc3n5-c3ccccc3C43c4ccccc4-c4ccccc43)nc3ccccc23)cc1.c1ccc(-c2nc(-c3ccc4c(c3)c3cccc5c3n4-c3ccccc3C53c4ccccc4-c4ccccc43)nc3ccccc23)cc1. The second-order valence-corrected chi connectivity index (χ2v) is 40.3. The fourth-order valence-corrected chi connectivity index (χ4v) is 27.0. The zero-order valence-electron chi connectivity index (χ0n) is 81.1. The van der Waals surface area contributed by atoms with Crippen molar-refractivity contribution in [3.05, 3.63) is 582 Å². The molecule has 0 saturated heterocycles. The molecule has 0 fully saturated rings. The van der Waals surface area contributed by atoms with E-state index < -0.39 is 16.2 Å². The molecule has 9 heteroatoms. The third-order valence-electron chi connectivity index (χ3n) is 33.0. The second kappa shape index (κ2) is 32.1. The lowest BCUT2D eigenvalue weighted by Crippen LogP contribution is -2.33. The van der Waals surface area contributed by atoms with E-state index in [0.717, 1.165) is 101 Å². The van der Waals surface area contributed by atoms with Crippen LogP contribution in [0.15, 0.2) is 516 Å². The summed E-state index contributed by atoms with van der Waals surface area (Å²) in [5.74, 6) is 2.19. The van der Waals surface area contributed by atoms with Gasteiger partial charge < -0.3 is 13.7 Å². The molecule has 150 heavy (non-hydrogen) atoms. The second-order valence-electron chi connectivity index (χ2n) is 40.3. The number of hydrogen-bond donors (Lipinski definition) is 0. The van der Waals surface area contributed by atoms with E-state index in [1.165, 1.54) is 194 Å². The highest BCUT2D eigenvalue weighted by Crippen LogP contribution is 2.66. The molecule has 694 valence electrons. The molecule has 3 aliphatic heterocycles. The minimum absolute atomic E-state index is 0.414. The van der Waals surface area contributed by atoms with Crippen molar-refractivity contribution in [3.63, 3.8) is 0 Å². The molecule has 22 aromatic carbocycles. The van der Waals surface area contributed by atoms with Crippen LogP contribution in [0.25, 0.3) is 228 Å². The average Bonchev–Trinajstić information content (AvgIpc) is 1.50. The molecule has 0 saturated carbocycles. The van der Waals surface area contributed by atoms with Gasteiger partial charge in [-0.2, -0.15) is 0 Å². The molecule has 28 aromatic rings. The lowest BCUT2D eigenvalue weighted by molar-refractivity contribution is 0.748. The Kier molecular flexibility index (Phi) is 17.9. The third kappa shape index (κ3) is 11.6. The van der Waals surface area contributed by atoms with Crippen LogP contribution in [0.3, 0.4) is 0 Å². The molecule has 0 N–H and O–H groups in total.